The van der Waals surface area contributed by atoms with Crippen molar-refractivity contribution in [2.45, 2.75) is 35.2 Å². The fourth-order valence-electron chi connectivity index (χ4n) is 3.84. The van der Waals surface area contributed by atoms with Crippen LogP contribution in [0.1, 0.15) is 12.0 Å². The topological polar surface area (TPSA) is 54.5 Å². The number of hydrogen-bond donors (Lipinski definition) is 0. The molecule has 0 radical (unpaired) electrons. The molecule has 4 rings (SSSR count). The number of benzene rings is 2. The second-order valence-corrected chi connectivity index (χ2v) is 8.72. The van der Waals surface area contributed by atoms with Crippen molar-refractivity contribution in [1.82, 2.24) is 4.90 Å². The molecule has 2 aliphatic heterocycles. The Bertz CT molecular complexity index is 906. The van der Waals surface area contributed by atoms with E-state index in [4.69, 9.17) is 0 Å². The zero-order chi connectivity index (χ0) is 17.4. The van der Waals surface area contributed by atoms with Crippen molar-refractivity contribution in [3.05, 3.63) is 78.4 Å². The molecule has 0 unspecified atom stereocenters. The van der Waals surface area contributed by atoms with Crippen molar-refractivity contribution in [3.8, 4) is 0 Å². The third kappa shape index (κ3) is 2.83. The molecule has 0 saturated carbocycles. The Balaban J connectivity index is 1.68. The molecule has 0 aromatic heterocycles. The van der Waals surface area contributed by atoms with Crippen LogP contribution in [-0.4, -0.2) is 36.4 Å². The monoisotopic (exact) mass is 353 g/mol. The van der Waals surface area contributed by atoms with Crippen LogP contribution in [0.3, 0.4) is 0 Å². The Morgan fingerprint density at radius 1 is 0.960 bits per heavy atom. The molecule has 1 saturated heterocycles. The Kier molecular flexibility index (Phi) is 4.06. The summed E-state index contributed by atoms with van der Waals surface area (Å²) in [6, 6.07) is 17.8. The minimum atomic E-state index is -3.49. The summed E-state index contributed by atoms with van der Waals surface area (Å²) in [7, 11) is -3.49. The van der Waals surface area contributed by atoms with Gasteiger partial charge in [0.25, 0.3) is 0 Å². The minimum absolute atomic E-state index is 0.00190. The van der Waals surface area contributed by atoms with E-state index >= 15 is 0 Å². The van der Waals surface area contributed by atoms with E-state index in [1.165, 1.54) is 0 Å². The van der Waals surface area contributed by atoms with Crippen LogP contribution in [0.15, 0.2) is 77.7 Å². The first kappa shape index (κ1) is 16.2. The predicted molar refractivity (Wildman–Crippen MR) is 95.7 cm³/mol. The largest absolute Gasteiger partial charge is 0.293 e. The van der Waals surface area contributed by atoms with Gasteiger partial charge in [0.05, 0.1) is 16.2 Å². The van der Waals surface area contributed by atoms with Gasteiger partial charge in [-0.05, 0) is 30.2 Å². The first-order valence-electron chi connectivity index (χ1n) is 8.38. The van der Waals surface area contributed by atoms with Crippen LogP contribution >= 0.6 is 0 Å². The second-order valence-electron chi connectivity index (χ2n) is 6.56. The number of nitrogens with zero attached hydrogens (tertiary/aromatic N) is 1. The van der Waals surface area contributed by atoms with Crippen molar-refractivity contribution in [2.24, 2.45) is 0 Å². The number of rotatable bonds is 4. The van der Waals surface area contributed by atoms with Gasteiger partial charge in [-0.3, -0.25) is 9.69 Å². The molecule has 0 spiro atoms. The van der Waals surface area contributed by atoms with Crippen LogP contribution in [0.5, 0.6) is 0 Å². The molecule has 2 heterocycles. The van der Waals surface area contributed by atoms with Crippen LogP contribution in [0.2, 0.25) is 0 Å². The van der Waals surface area contributed by atoms with Gasteiger partial charge >= 0.3 is 0 Å². The average Bonchev–Trinajstić information content (AvgIpc) is 2.90. The average molecular weight is 353 g/mol. The number of fused-ring (bicyclic) bond motifs is 2. The van der Waals surface area contributed by atoms with E-state index in [1.54, 1.807) is 42.5 Å². The Hall–Kier alpha value is -2.24. The summed E-state index contributed by atoms with van der Waals surface area (Å²) in [4.78, 5) is 14.7. The lowest BCUT2D eigenvalue weighted by atomic mass is 10.1. The number of carbonyl (C=O) groups excluding carboxylic acids is 1. The molecule has 4 nitrogen and oxygen atoms in total. The first-order valence-corrected chi connectivity index (χ1v) is 9.92. The smallest absolute Gasteiger partial charge is 0.183 e. The molecule has 128 valence electrons. The standard InChI is InChI=1S/C20H19NO3S/c22-19-12-11-17-20(25(23,24)16-9-5-2-6-10-16)13-18(19)21(17)14-15-7-3-1-4-8-15/h1-12,17-18,20H,13-14H2/t17-,18+,20+/m0/s1. The van der Waals surface area contributed by atoms with E-state index in [2.05, 4.69) is 0 Å². The predicted octanol–water partition coefficient (Wildman–Crippen LogP) is 2.61. The van der Waals surface area contributed by atoms with Crippen molar-refractivity contribution < 1.29 is 13.2 Å². The molecule has 2 aromatic rings. The van der Waals surface area contributed by atoms with E-state index in [9.17, 15) is 13.2 Å². The highest BCUT2D eigenvalue weighted by molar-refractivity contribution is 7.92. The summed E-state index contributed by atoms with van der Waals surface area (Å²) < 4.78 is 26.2. The molecule has 0 N–H and O–H groups in total. The fourth-order valence-corrected chi connectivity index (χ4v) is 5.78. The van der Waals surface area contributed by atoms with Gasteiger partial charge < -0.3 is 0 Å². The molecule has 2 aliphatic rings. The normalized spacial score (nSPS) is 26.1. The number of carbonyl (C=O) groups is 1. The molecule has 3 atom stereocenters. The molecular weight excluding hydrogens is 334 g/mol. The van der Waals surface area contributed by atoms with Gasteiger partial charge in [-0.15, -0.1) is 0 Å². The highest BCUT2D eigenvalue weighted by atomic mass is 32.2. The van der Waals surface area contributed by atoms with Crippen LogP contribution < -0.4 is 0 Å². The van der Waals surface area contributed by atoms with Gasteiger partial charge in [0.2, 0.25) is 0 Å². The molecule has 0 aliphatic carbocycles. The molecule has 25 heavy (non-hydrogen) atoms. The third-order valence-corrected chi connectivity index (χ3v) is 7.28. The Labute approximate surface area is 147 Å². The maximum Gasteiger partial charge on any atom is 0.183 e. The van der Waals surface area contributed by atoms with Crippen LogP contribution in [-0.2, 0) is 21.2 Å². The maximum atomic E-state index is 13.1. The molecule has 2 bridgehead atoms. The molecular formula is C20H19NO3S. The zero-order valence-electron chi connectivity index (χ0n) is 13.7. The van der Waals surface area contributed by atoms with Crippen LogP contribution in [0.25, 0.3) is 0 Å². The minimum Gasteiger partial charge on any atom is -0.293 e. The van der Waals surface area contributed by atoms with E-state index in [0.717, 1.165) is 5.56 Å². The molecule has 0 amide bonds. The van der Waals surface area contributed by atoms with Crippen molar-refractivity contribution in [2.75, 3.05) is 0 Å². The van der Waals surface area contributed by atoms with Gasteiger partial charge in [0.1, 0.15) is 0 Å². The number of ketones is 1. The summed E-state index contributed by atoms with van der Waals surface area (Å²) in [5.74, 6) is -0.00190. The quantitative estimate of drug-likeness (QED) is 0.848. The summed E-state index contributed by atoms with van der Waals surface area (Å²) in [6.07, 6.45) is 3.66. The Morgan fingerprint density at radius 3 is 2.28 bits per heavy atom. The first-order chi connectivity index (χ1) is 12.1. The van der Waals surface area contributed by atoms with Gasteiger partial charge in [-0.2, -0.15) is 0 Å². The number of sulfone groups is 1. The van der Waals surface area contributed by atoms with Crippen molar-refractivity contribution >= 4 is 15.6 Å². The van der Waals surface area contributed by atoms with E-state index in [0.29, 0.717) is 17.9 Å². The third-order valence-electron chi connectivity index (χ3n) is 5.08. The van der Waals surface area contributed by atoms with E-state index in [-0.39, 0.29) is 17.9 Å². The summed E-state index contributed by atoms with van der Waals surface area (Å²) in [5, 5.41) is -0.591. The summed E-state index contributed by atoms with van der Waals surface area (Å²) in [5.41, 5.74) is 1.08. The number of hydrogen-bond acceptors (Lipinski definition) is 4. The van der Waals surface area contributed by atoms with E-state index < -0.39 is 15.1 Å². The maximum absolute atomic E-state index is 13.1. The van der Waals surface area contributed by atoms with Gasteiger partial charge in [0.15, 0.2) is 15.6 Å². The lowest BCUT2D eigenvalue weighted by Gasteiger charge is -2.31. The highest BCUT2D eigenvalue weighted by Crippen LogP contribution is 2.37. The Morgan fingerprint density at radius 2 is 1.60 bits per heavy atom. The van der Waals surface area contributed by atoms with E-state index in [1.807, 2.05) is 35.2 Å². The summed E-state index contributed by atoms with van der Waals surface area (Å²) >= 11 is 0. The fraction of sp³-hybridized carbons (Fsp3) is 0.250. The van der Waals surface area contributed by atoms with Crippen molar-refractivity contribution in [3.63, 3.8) is 0 Å². The van der Waals surface area contributed by atoms with Crippen LogP contribution in [0, 0.1) is 0 Å². The van der Waals surface area contributed by atoms with Gasteiger partial charge in [-0.25, -0.2) is 8.42 Å². The zero-order valence-corrected chi connectivity index (χ0v) is 14.5. The SMILES string of the molecule is O=C1C=C[C@H]2[C@H](S(=O)(=O)c3ccccc3)C[C@H]1N2Cc1ccccc1. The van der Waals surface area contributed by atoms with Crippen molar-refractivity contribution in [1.29, 1.82) is 0 Å². The lowest BCUT2D eigenvalue weighted by molar-refractivity contribution is -0.119. The highest BCUT2D eigenvalue weighted by Gasteiger charge is 2.50. The lowest BCUT2D eigenvalue weighted by Crippen LogP contribution is -2.44. The summed E-state index contributed by atoms with van der Waals surface area (Å²) in [6.45, 7) is 0.576. The van der Waals surface area contributed by atoms with Gasteiger partial charge in [-0.1, -0.05) is 54.6 Å². The van der Waals surface area contributed by atoms with Gasteiger partial charge in [0, 0.05) is 12.6 Å². The van der Waals surface area contributed by atoms with Crippen LogP contribution in [0.4, 0.5) is 0 Å². The molecule has 5 heteroatoms. The molecule has 2 aromatic carbocycles. The second kappa shape index (κ2) is 6.24. The molecule has 1 fully saturated rings.